The fourth-order valence-corrected chi connectivity index (χ4v) is 2.61. The van der Waals surface area contributed by atoms with Crippen LogP contribution < -0.4 is 0 Å². The van der Waals surface area contributed by atoms with E-state index in [0.717, 1.165) is 13.2 Å². The van der Waals surface area contributed by atoms with Gasteiger partial charge in [0.05, 0.1) is 18.8 Å². The van der Waals surface area contributed by atoms with Crippen LogP contribution in [-0.2, 0) is 9.47 Å². The predicted octanol–water partition coefficient (Wildman–Crippen LogP) is 3.29. The Kier molecular flexibility index (Phi) is 4.94. The van der Waals surface area contributed by atoms with Gasteiger partial charge in [-0.2, -0.15) is 0 Å². The molecule has 2 heterocycles. The van der Waals surface area contributed by atoms with E-state index < -0.39 is 0 Å². The molecule has 0 spiro atoms. The van der Waals surface area contributed by atoms with E-state index in [-0.39, 0.29) is 0 Å². The minimum absolute atomic E-state index is 0.399. The van der Waals surface area contributed by atoms with Gasteiger partial charge in [-0.15, -0.1) is 0 Å². The van der Waals surface area contributed by atoms with Crippen molar-refractivity contribution in [2.45, 2.75) is 70.0 Å². The molecule has 2 nitrogen and oxygen atoms in total. The lowest BCUT2D eigenvalue weighted by Gasteiger charge is -2.13. The second kappa shape index (κ2) is 6.49. The van der Waals surface area contributed by atoms with Gasteiger partial charge >= 0.3 is 0 Å². The molecule has 15 heavy (non-hydrogen) atoms. The van der Waals surface area contributed by atoms with Crippen LogP contribution in [0.4, 0.5) is 0 Å². The highest BCUT2D eigenvalue weighted by molar-refractivity contribution is 4.73. The van der Waals surface area contributed by atoms with Crippen LogP contribution in [0.25, 0.3) is 0 Å². The first-order valence-electron chi connectivity index (χ1n) is 6.68. The smallest absolute Gasteiger partial charge is 0.0813 e. The number of fused-ring (bicyclic) bond motifs is 2. The third kappa shape index (κ3) is 4.12. The lowest BCUT2D eigenvalue weighted by atomic mass is 10.1. The summed E-state index contributed by atoms with van der Waals surface area (Å²) in [6, 6.07) is 0. The molecule has 2 atom stereocenters. The average Bonchev–Trinajstić information content (AvgIpc) is 2.69. The van der Waals surface area contributed by atoms with Crippen molar-refractivity contribution in [2.75, 3.05) is 13.2 Å². The highest BCUT2D eigenvalue weighted by Crippen LogP contribution is 2.24. The molecule has 0 N–H and O–H groups in total. The fourth-order valence-electron chi connectivity index (χ4n) is 2.61. The Morgan fingerprint density at radius 2 is 1.40 bits per heavy atom. The molecule has 2 unspecified atom stereocenters. The van der Waals surface area contributed by atoms with Gasteiger partial charge in [0.25, 0.3) is 0 Å². The Bertz CT molecular complexity index is 152. The van der Waals surface area contributed by atoms with E-state index in [4.69, 9.17) is 9.47 Å². The standard InChI is InChI=1S/C13H24O2/c1-2-4-6-10-14-11-13-9-8-12(15-13)7-5-3-1/h12-13H,1-11H2. The molecule has 0 amide bonds. The van der Waals surface area contributed by atoms with Crippen molar-refractivity contribution in [3.63, 3.8) is 0 Å². The SMILES string of the molecule is C1CCCCC2CCC(COCCC1)O2. The largest absolute Gasteiger partial charge is 0.379 e. The Morgan fingerprint density at radius 3 is 2.33 bits per heavy atom. The highest BCUT2D eigenvalue weighted by Gasteiger charge is 2.24. The lowest BCUT2D eigenvalue weighted by Crippen LogP contribution is -2.17. The van der Waals surface area contributed by atoms with Gasteiger partial charge in [0.15, 0.2) is 0 Å². The van der Waals surface area contributed by atoms with Crippen LogP contribution in [0.5, 0.6) is 0 Å². The minimum Gasteiger partial charge on any atom is -0.379 e. The van der Waals surface area contributed by atoms with E-state index in [1.54, 1.807) is 0 Å². The molecule has 0 radical (unpaired) electrons. The topological polar surface area (TPSA) is 18.5 Å². The lowest BCUT2D eigenvalue weighted by molar-refractivity contribution is -0.0178. The summed E-state index contributed by atoms with van der Waals surface area (Å²) in [4.78, 5) is 0. The minimum atomic E-state index is 0.399. The number of ether oxygens (including phenoxy) is 2. The van der Waals surface area contributed by atoms with Crippen LogP contribution in [0.1, 0.15) is 57.8 Å². The number of hydrogen-bond donors (Lipinski definition) is 0. The zero-order valence-corrected chi connectivity index (χ0v) is 9.75. The monoisotopic (exact) mass is 212 g/mol. The molecule has 0 aromatic heterocycles. The van der Waals surface area contributed by atoms with Crippen LogP contribution in [0.15, 0.2) is 0 Å². The van der Waals surface area contributed by atoms with Gasteiger partial charge in [0.1, 0.15) is 0 Å². The van der Waals surface area contributed by atoms with Crippen molar-refractivity contribution in [3.8, 4) is 0 Å². The predicted molar refractivity (Wildman–Crippen MR) is 61.0 cm³/mol. The maximum atomic E-state index is 5.95. The fraction of sp³-hybridized carbons (Fsp3) is 1.00. The van der Waals surface area contributed by atoms with E-state index in [1.165, 1.54) is 57.8 Å². The van der Waals surface area contributed by atoms with Gasteiger partial charge in [-0.25, -0.2) is 0 Å². The van der Waals surface area contributed by atoms with Crippen LogP contribution in [-0.4, -0.2) is 25.4 Å². The van der Waals surface area contributed by atoms with Gasteiger partial charge in [-0.3, -0.25) is 0 Å². The van der Waals surface area contributed by atoms with Crippen molar-refractivity contribution in [3.05, 3.63) is 0 Å². The van der Waals surface area contributed by atoms with Gasteiger partial charge in [0.2, 0.25) is 0 Å². The summed E-state index contributed by atoms with van der Waals surface area (Å²) in [5.74, 6) is 0. The van der Waals surface area contributed by atoms with Crippen molar-refractivity contribution in [2.24, 2.45) is 0 Å². The molecule has 0 aromatic rings. The number of rotatable bonds is 0. The molecule has 0 aliphatic carbocycles. The number of hydrogen-bond acceptors (Lipinski definition) is 2. The van der Waals surface area contributed by atoms with Crippen LogP contribution in [0.3, 0.4) is 0 Å². The van der Waals surface area contributed by atoms with Crippen molar-refractivity contribution >= 4 is 0 Å². The third-order valence-electron chi connectivity index (χ3n) is 3.56. The first-order chi connectivity index (χ1) is 7.45. The van der Waals surface area contributed by atoms with Crippen LogP contribution >= 0.6 is 0 Å². The van der Waals surface area contributed by atoms with Gasteiger partial charge in [0, 0.05) is 6.61 Å². The average molecular weight is 212 g/mol. The first-order valence-corrected chi connectivity index (χ1v) is 6.68. The van der Waals surface area contributed by atoms with E-state index in [1.807, 2.05) is 0 Å². The Balaban J connectivity index is 1.73. The van der Waals surface area contributed by atoms with Crippen molar-refractivity contribution in [1.82, 2.24) is 0 Å². The van der Waals surface area contributed by atoms with E-state index in [2.05, 4.69) is 0 Å². The van der Waals surface area contributed by atoms with E-state index in [0.29, 0.717) is 12.2 Å². The molecular weight excluding hydrogens is 188 g/mol. The summed E-state index contributed by atoms with van der Waals surface area (Å²) in [5.41, 5.74) is 0. The molecule has 2 saturated heterocycles. The normalized spacial score (nSPS) is 35.2. The molecule has 0 saturated carbocycles. The van der Waals surface area contributed by atoms with Crippen LogP contribution in [0, 0.1) is 0 Å². The molecular formula is C13H24O2. The Morgan fingerprint density at radius 1 is 0.667 bits per heavy atom. The summed E-state index contributed by atoms with van der Waals surface area (Å²) in [7, 11) is 0. The summed E-state index contributed by atoms with van der Waals surface area (Å²) in [6.07, 6.45) is 12.8. The molecule has 2 aliphatic heterocycles. The molecule has 2 heteroatoms. The van der Waals surface area contributed by atoms with Gasteiger partial charge in [-0.05, 0) is 25.7 Å². The maximum absolute atomic E-state index is 5.95. The second-order valence-corrected chi connectivity index (χ2v) is 4.94. The highest BCUT2D eigenvalue weighted by atomic mass is 16.5. The van der Waals surface area contributed by atoms with Crippen molar-refractivity contribution in [1.29, 1.82) is 0 Å². The Hall–Kier alpha value is -0.0800. The van der Waals surface area contributed by atoms with E-state index >= 15 is 0 Å². The van der Waals surface area contributed by atoms with E-state index in [9.17, 15) is 0 Å². The second-order valence-electron chi connectivity index (χ2n) is 4.94. The summed E-state index contributed by atoms with van der Waals surface area (Å²) < 4.78 is 11.6. The quantitative estimate of drug-likeness (QED) is 0.613. The molecule has 2 aliphatic rings. The zero-order chi connectivity index (χ0) is 10.3. The third-order valence-corrected chi connectivity index (χ3v) is 3.56. The van der Waals surface area contributed by atoms with Crippen molar-refractivity contribution < 1.29 is 9.47 Å². The zero-order valence-electron chi connectivity index (χ0n) is 9.75. The molecule has 2 fully saturated rings. The molecule has 88 valence electrons. The first kappa shape index (κ1) is 11.4. The van der Waals surface area contributed by atoms with Gasteiger partial charge < -0.3 is 9.47 Å². The van der Waals surface area contributed by atoms with Gasteiger partial charge in [-0.1, -0.05) is 32.1 Å². The molecule has 2 rings (SSSR count). The molecule has 2 bridgehead atoms. The molecule has 0 aromatic carbocycles. The summed E-state index contributed by atoms with van der Waals surface area (Å²) >= 11 is 0. The summed E-state index contributed by atoms with van der Waals surface area (Å²) in [6.45, 7) is 1.76. The van der Waals surface area contributed by atoms with Crippen LogP contribution in [0.2, 0.25) is 0 Å². The summed E-state index contributed by atoms with van der Waals surface area (Å²) in [5, 5.41) is 0. The Labute approximate surface area is 93.3 Å². The maximum Gasteiger partial charge on any atom is 0.0813 e.